The molecule has 2 fully saturated rings. The number of nitrogens with zero attached hydrogens (tertiary/aromatic N) is 3. The highest BCUT2D eigenvalue weighted by atomic mass is 16.2. The average molecular weight is 326 g/mol. The third-order valence-electron chi connectivity index (χ3n) is 5.27. The third-order valence-corrected chi connectivity index (χ3v) is 5.27. The van der Waals surface area contributed by atoms with Gasteiger partial charge in [-0.05, 0) is 49.9 Å². The summed E-state index contributed by atoms with van der Waals surface area (Å²) in [5, 5.41) is 12.0. The zero-order valence-electron chi connectivity index (χ0n) is 14.4. The van der Waals surface area contributed by atoms with Gasteiger partial charge >= 0.3 is 6.03 Å². The van der Waals surface area contributed by atoms with Crippen molar-refractivity contribution in [3.63, 3.8) is 0 Å². The maximum Gasteiger partial charge on any atom is 0.317 e. The number of amides is 2. The number of nitriles is 1. The van der Waals surface area contributed by atoms with Gasteiger partial charge in [-0.1, -0.05) is 19.1 Å². The Morgan fingerprint density at radius 3 is 3.08 bits per heavy atom. The summed E-state index contributed by atoms with van der Waals surface area (Å²) >= 11 is 0. The number of piperazine rings is 1. The lowest BCUT2D eigenvalue weighted by Gasteiger charge is -2.43. The first kappa shape index (κ1) is 16.8. The van der Waals surface area contributed by atoms with E-state index in [1.807, 2.05) is 23.1 Å². The minimum Gasteiger partial charge on any atom is -0.338 e. The predicted octanol–water partition coefficient (Wildman–Crippen LogP) is 2.37. The Morgan fingerprint density at radius 1 is 1.42 bits per heavy atom. The Labute approximate surface area is 144 Å². The fourth-order valence-electron chi connectivity index (χ4n) is 3.90. The molecule has 5 nitrogen and oxygen atoms in total. The molecule has 0 bridgehead atoms. The van der Waals surface area contributed by atoms with Crippen LogP contribution in [0.15, 0.2) is 24.3 Å². The molecule has 2 amide bonds. The van der Waals surface area contributed by atoms with Crippen LogP contribution in [-0.4, -0.2) is 54.1 Å². The van der Waals surface area contributed by atoms with Crippen molar-refractivity contribution in [2.45, 2.75) is 44.7 Å². The van der Waals surface area contributed by atoms with E-state index < -0.39 is 0 Å². The molecule has 5 heteroatoms. The molecule has 1 aromatic carbocycles. The van der Waals surface area contributed by atoms with Crippen LogP contribution in [0.4, 0.5) is 4.79 Å². The number of carbonyl (C=O) groups excluding carboxylic acids is 1. The second-order valence-corrected chi connectivity index (χ2v) is 6.80. The first-order valence-corrected chi connectivity index (χ1v) is 8.98. The minimum atomic E-state index is 0.0600. The zero-order chi connectivity index (χ0) is 16.9. The van der Waals surface area contributed by atoms with Crippen molar-refractivity contribution < 1.29 is 4.79 Å². The summed E-state index contributed by atoms with van der Waals surface area (Å²) < 4.78 is 0. The van der Waals surface area contributed by atoms with Crippen molar-refractivity contribution >= 4 is 6.03 Å². The maximum atomic E-state index is 12.6. The second kappa shape index (κ2) is 7.67. The number of carbonyl (C=O) groups is 1. The molecule has 0 saturated carbocycles. The standard InChI is InChI=1S/C19H26N4O/c1-2-17-13-22-10-4-7-18(22)14-23(17)19(24)21-9-8-15-5-3-6-16(11-15)12-20/h3,5-6,11,17-18H,2,4,7-10,13-14H2,1H3,(H,21,24). The highest BCUT2D eigenvalue weighted by Crippen LogP contribution is 2.25. The lowest BCUT2D eigenvalue weighted by Crippen LogP contribution is -2.59. The molecule has 2 atom stereocenters. The molecule has 3 rings (SSSR count). The van der Waals surface area contributed by atoms with Crippen LogP contribution < -0.4 is 5.32 Å². The van der Waals surface area contributed by atoms with Crippen LogP contribution in [0.5, 0.6) is 0 Å². The molecule has 0 aromatic heterocycles. The lowest BCUT2D eigenvalue weighted by atomic mass is 10.1. The Balaban J connectivity index is 1.53. The van der Waals surface area contributed by atoms with E-state index in [0.717, 1.165) is 31.5 Å². The van der Waals surface area contributed by atoms with E-state index in [1.165, 1.54) is 19.4 Å². The van der Waals surface area contributed by atoms with Crippen molar-refractivity contribution in [2.75, 3.05) is 26.2 Å². The molecule has 128 valence electrons. The number of fused-ring (bicyclic) bond motifs is 1. The van der Waals surface area contributed by atoms with Crippen LogP contribution in [0, 0.1) is 11.3 Å². The number of hydrogen-bond donors (Lipinski definition) is 1. The van der Waals surface area contributed by atoms with Gasteiger partial charge in [-0.2, -0.15) is 5.26 Å². The molecule has 2 unspecified atom stereocenters. The molecule has 2 aliphatic rings. The van der Waals surface area contributed by atoms with Crippen LogP contribution in [0.3, 0.4) is 0 Å². The van der Waals surface area contributed by atoms with E-state index in [-0.39, 0.29) is 6.03 Å². The predicted molar refractivity (Wildman–Crippen MR) is 93.6 cm³/mol. The van der Waals surface area contributed by atoms with Gasteiger partial charge < -0.3 is 10.2 Å². The van der Waals surface area contributed by atoms with Crippen molar-refractivity contribution in [1.29, 1.82) is 5.26 Å². The summed E-state index contributed by atoms with van der Waals surface area (Å²) in [6, 6.07) is 10.7. The first-order chi connectivity index (χ1) is 11.7. The molecule has 0 radical (unpaired) electrons. The minimum absolute atomic E-state index is 0.0600. The molecule has 1 N–H and O–H groups in total. The first-order valence-electron chi connectivity index (χ1n) is 8.98. The summed E-state index contributed by atoms with van der Waals surface area (Å²) in [5.74, 6) is 0. The summed E-state index contributed by atoms with van der Waals surface area (Å²) in [5.41, 5.74) is 1.75. The molecule has 2 aliphatic heterocycles. The summed E-state index contributed by atoms with van der Waals surface area (Å²) in [4.78, 5) is 17.2. The highest BCUT2D eigenvalue weighted by molar-refractivity contribution is 5.74. The summed E-state index contributed by atoms with van der Waals surface area (Å²) in [7, 11) is 0. The molecule has 2 heterocycles. The van der Waals surface area contributed by atoms with Gasteiger partial charge in [-0.3, -0.25) is 4.90 Å². The quantitative estimate of drug-likeness (QED) is 0.924. The molecule has 24 heavy (non-hydrogen) atoms. The van der Waals surface area contributed by atoms with E-state index in [2.05, 4.69) is 23.2 Å². The van der Waals surface area contributed by atoms with Gasteiger partial charge in [0.25, 0.3) is 0 Å². The molecule has 0 aliphatic carbocycles. The van der Waals surface area contributed by atoms with Crippen LogP contribution in [0.25, 0.3) is 0 Å². The topological polar surface area (TPSA) is 59.4 Å². The van der Waals surface area contributed by atoms with Crippen molar-refractivity contribution in [1.82, 2.24) is 15.1 Å². The molecule has 1 aromatic rings. The molecule has 2 saturated heterocycles. The highest BCUT2D eigenvalue weighted by Gasteiger charge is 2.37. The van der Waals surface area contributed by atoms with Crippen LogP contribution in [-0.2, 0) is 6.42 Å². The van der Waals surface area contributed by atoms with Crippen molar-refractivity contribution in [3.8, 4) is 6.07 Å². The summed E-state index contributed by atoms with van der Waals surface area (Å²) in [6.07, 6.45) is 4.22. The lowest BCUT2D eigenvalue weighted by molar-refractivity contribution is 0.0713. The molecular weight excluding hydrogens is 300 g/mol. The van der Waals surface area contributed by atoms with E-state index in [0.29, 0.717) is 24.2 Å². The van der Waals surface area contributed by atoms with Gasteiger partial charge in [-0.25, -0.2) is 4.79 Å². The van der Waals surface area contributed by atoms with Gasteiger partial charge in [0.05, 0.1) is 11.6 Å². The Bertz CT molecular complexity index is 624. The van der Waals surface area contributed by atoms with E-state index in [4.69, 9.17) is 5.26 Å². The fraction of sp³-hybridized carbons (Fsp3) is 0.579. The Morgan fingerprint density at radius 2 is 2.29 bits per heavy atom. The number of rotatable bonds is 4. The van der Waals surface area contributed by atoms with Crippen molar-refractivity contribution in [3.05, 3.63) is 35.4 Å². The average Bonchev–Trinajstić information content (AvgIpc) is 3.08. The van der Waals surface area contributed by atoms with E-state index in [1.54, 1.807) is 6.07 Å². The Hall–Kier alpha value is -2.06. The number of benzene rings is 1. The molecular formula is C19H26N4O. The maximum absolute atomic E-state index is 12.6. The summed E-state index contributed by atoms with van der Waals surface area (Å²) in [6.45, 7) is 5.82. The largest absolute Gasteiger partial charge is 0.338 e. The van der Waals surface area contributed by atoms with E-state index >= 15 is 0 Å². The van der Waals surface area contributed by atoms with Crippen LogP contribution in [0.2, 0.25) is 0 Å². The number of hydrogen-bond acceptors (Lipinski definition) is 3. The van der Waals surface area contributed by atoms with Crippen LogP contribution in [0.1, 0.15) is 37.3 Å². The van der Waals surface area contributed by atoms with E-state index in [9.17, 15) is 4.79 Å². The van der Waals surface area contributed by atoms with Gasteiger partial charge in [0, 0.05) is 31.7 Å². The fourth-order valence-corrected chi connectivity index (χ4v) is 3.90. The number of urea groups is 1. The second-order valence-electron chi connectivity index (χ2n) is 6.80. The van der Waals surface area contributed by atoms with Gasteiger partial charge in [0.2, 0.25) is 0 Å². The Kier molecular flexibility index (Phi) is 5.37. The van der Waals surface area contributed by atoms with Gasteiger partial charge in [-0.15, -0.1) is 0 Å². The molecule has 0 spiro atoms. The SMILES string of the molecule is CCC1CN2CCCC2CN1C(=O)NCCc1cccc(C#N)c1. The number of nitrogens with one attached hydrogen (secondary N) is 1. The third kappa shape index (κ3) is 3.70. The van der Waals surface area contributed by atoms with Gasteiger partial charge in [0.15, 0.2) is 0 Å². The monoisotopic (exact) mass is 326 g/mol. The van der Waals surface area contributed by atoms with Crippen molar-refractivity contribution in [2.24, 2.45) is 0 Å². The van der Waals surface area contributed by atoms with Crippen LogP contribution >= 0.6 is 0 Å². The zero-order valence-corrected chi connectivity index (χ0v) is 14.4. The normalized spacial score (nSPS) is 23.6. The van der Waals surface area contributed by atoms with Gasteiger partial charge in [0.1, 0.15) is 0 Å². The smallest absolute Gasteiger partial charge is 0.317 e.